The maximum absolute atomic E-state index is 13.1. The fraction of sp³-hybridized carbons (Fsp3) is 0.560. The fourth-order valence-electron chi connectivity index (χ4n) is 4.53. The third-order valence-corrected chi connectivity index (χ3v) is 9.75. The van der Waals surface area contributed by atoms with Crippen molar-refractivity contribution >= 4 is 52.9 Å². The van der Waals surface area contributed by atoms with Crippen molar-refractivity contribution in [3.63, 3.8) is 0 Å². The van der Waals surface area contributed by atoms with E-state index in [1.807, 2.05) is 42.4 Å². The Hall–Kier alpha value is -2.57. The van der Waals surface area contributed by atoms with Gasteiger partial charge in [-0.3, -0.25) is 28.9 Å². The van der Waals surface area contributed by atoms with Gasteiger partial charge in [0.1, 0.15) is 6.04 Å². The lowest BCUT2D eigenvalue weighted by Gasteiger charge is -2.31. The molecule has 2 unspecified atom stereocenters. The summed E-state index contributed by atoms with van der Waals surface area (Å²) in [5.74, 6) is -1.33. The summed E-state index contributed by atoms with van der Waals surface area (Å²) >= 11 is 3.79. The highest BCUT2D eigenvalue weighted by Gasteiger charge is 2.47. The Morgan fingerprint density at radius 3 is 2.41 bits per heavy atom. The summed E-state index contributed by atoms with van der Waals surface area (Å²) in [6.07, 6.45) is 2.73. The first-order valence-corrected chi connectivity index (χ1v) is 14.4. The molecule has 5 N–H and O–H groups in total. The van der Waals surface area contributed by atoms with Crippen LogP contribution in [-0.2, 0) is 24.0 Å². The smallest absolute Gasteiger partial charge is 0.290 e. The maximum atomic E-state index is 13.1. The number of Topliss-reactive ketones (excluding diaryl/α,β-unsaturated/α-hetero) is 1. The van der Waals surface area contributed by atoms with Crippen molar-refractivity contribution in [2.75, 3.05) is 31.6 Å². The van der Waals surface area contributed by atoms with E-state index >= 15 is 0 Å². The molecule has 37 heavy (non-hydrogen) atoms. The van der Waals surface area contributed by atoms with Crippen molar-refractivity contribution in [3.05, 3.63) is 35.9 Å². The highest BCUT2D eigenvalue weighted by molar-refractivity contribution is 8.18. The number of primary amides is 1. The molecule has 4 amide bonds. The number of likely N-dealkylation sites (tertiary alicyclic amines) is 1. The minimum Gasteiger partial charge on any atom is -0.368 e. The molecule has 10 nitrogen and oxygen atoms in total. The van der Waals surface area contributed by atoms with E-state index in [0.717, 1.165) is 24.5 Å². The predicted octanol–water partition coefficient (Wildman–Crippen LogP) is 0.570. The molecule has 2 heterocycles. The lowest BCUT2D eigenvalue weighted by Crippen LogP contribution is -2.52. The van der Waals surface area contributed by atoms with Crippen molar-refractivity contribution in [1.29, 1.82) is 0 Å². The average molecular weight is 550 g/mol. The van der Waals surface area contributed by atoms with E-state index in [-0.39, 0.29) is 16.0 Å². The van der Waals surface area contributed by atoms with Crippen molar-refractivity contribution in [1.82, 2.24) is 20.9 Å². The number of likely N-dealkylation sites (N-methyl/N-ethyl adjacent to an activating group) is 1. The Labute approximate surface area is 225 Å². The van der Waals surface area contributed by atoms with Gasteiger partial charge in [-0.15, -0.1) is 23.5 Å². The van der Waals surface area contributed by atoms with E-state index in [2.05, 4.69) is 16.0 Å². The number of rotatable bonds is 11. The number of hydrogen-bond acceptors (Lipinski definition) is 8. The Bertz CT molecular complexity index is 1000. The van der Waals surface area contributed by atoms with Gasteiger partial charge in [-0.1, -0.05) is 43.7 Å². The minimum absolute atomic E-state index is 0.00741. The molecule has 2 aliphatic heterocycles. The monoisotopic (exact) mass is 549 g/mol. The van der Waals surface area contributed by atoms with Crippen molar-refractivity contribution < 1.29 is 24.0 Å². The number of benzene rings is 1. The predicted molar refractivity (Wildman–Crippen MR) is 145 cm³/mol. The molecule has 3 atom stereocenters. The zero-order chi connectivity index (χ0) is 27.0. The first-order valence-electron chi connectivity index (χ1n) is 12.4. The van der Waals surface area contributed by atoms with Gasteiger partial charge in [-0.2, -0.15) is 0 Å². The van der Waals surface area contributed by atoms with E-state index < -0.39 is 42.1 Å². The summed E-state index contributed by atoms with van der Waals surface area (Å²) in [4.78, 5) is 64.7. The zero-order valence-corrected chi connectivity index (χ0v) is 22.8. The lowest BCUT2D eigenvalue weighted by atomic mass is 10.1. The highest BCUT2D eigenvalue weighted by atomic mass is 32.2. The molecule has 1 aromatic carbocycles. The summed E-state index contributed by atoms with van der Waals surface area (Å²) in [5, 5.41) is 7.54. The maximum Gasteiger partial charge on any atom is 0.290 e. The molecule has 2 aliphatic rings. The van der Waals surface area contributed by atoms with Gasteiger partial charge in [0.25, 0.3) is 5.91 Å². The topological polar surface area (TPSA) is 151 Å². The SMILES string of the molecule is CCCC(NC(=O)C1CC2(CN1C)SCCCS2)C(=O)C(=O)NCC(=O)N[C@H](C(N)=O)c1ccccc1. The molecule has 0 radical (unpaired) electrons. The number of carbonyl (C=O) groups is 5. The Balaban J connectivity index is 1.54. The van der Waals surface area contributed by atoms with Gasteiger partial charge < -0.3 is 21.7 Å². The molecule has 0 aliphatic carbocycles. The normalized spacial score (nSPS) is 20.5. The van der Waals surface area contributed by atoms with Crippen LogP contribution in [0.3, 0.4) is 0 Å². The second-order valence-electron chi connectivity index (χ2n) is 9.31. The first-order chi connectivity index (χ1) is 17.7. The highest BCUT2D eigenvalue weighted by Crippen LogP contribution is 2.49. The number of nitrogens with zero attached hydrogens (tertiary/aromatic N) is 1. The van der Waals surface area contributed by atoms with Crippen LogP contribution in [0.2, 0.25) is 0 Å². The molecule has 0 saturated carbocycles. The van der Waals surface area contributed by atoms with Crippen LogP contribution in [0.25, 0.3) is 0 Å². The van der Waals surface area contributed by atoms with Gasteiger partial charge >= 0.3 is 0 Å². The van der Waals surface area contributed by atoms with Gasteiger partial charge in [0.15, 0.2) is 0 Å². The van der Waals surface area contributed by atoms with Gasteiger partial charge in [0, 0.05) is 6.54 Å². The Kier molecular flexibility index (Phi) is 10.4. The fourth-order valence-corrected chi connectivity index (χ4v) is 8.01. The van der Waals surface area contributed by atoms with Crippen LogP contribution in [0.5, 0.6) is 0 Å². The number of carbonyl (C=O) groups excluding carboxylic acids is 5. The second-order valence-corrected chi connectivity index (χ2v) is 12.5. The molecule has 3 rings (SSSR count). The molecular formula is C25H35N5O5S2. The van der Waals surface area contributed by atoms with Gasteiger partial charge in [0.2, 0.25) is 23.5 Å². The van der Waals surface area contributed by atoms with Crippen LogP contribution in [0.4, 0.5) is 0 Å². The number of thioether (sulfide) groups is 2. The third-order valence-electron chi connectivity index (χ3n) is 6.41. The second kappa shape index (κ2) is 13.3. The molecule has 2 fully saturated rings. The van der Waals surface area contributed by atoms with E-state index in [9.17, 15) is 24.0 Å². The number of nitrogens with two attached hydrogens (primary N) is 1. The number of ketones is 1. The zero-order valence-electron chi connectivity index (χ0n) is 21.2. The molecular weight excluding hydrogens is 514 g/mol. The molecule has 12 heteroatoms. The molecule has 1 aromatic rings. The standard InChI is InChI=1S/C25H35N5O5S2/c1-3-8-17(28-23(34)18-13-25(15-30(18)2)36-11-7-12-37-25)21(32)24(35)27-14-19(31)29-20(22(26)33)16-9-5-4-6-10-16/h4-6,9-10,17-18,20H,3,7-8,11-15H2,1-2H3,(H2,26,33)(H,27,35)(H,28,34)(H,29,31)/t17?,18?,20-/m0/s1. The summed E-state index contributed by atoms with van der Waals surface area (Å²) in [6, 6.07) is 6.03. The van der Waals surface area contributed by atoms with Crippen LogP contribution >= 0.6 is 23.5 Å². The lowest BCUT2D eigenvalue weighted by molar-refractivity contribution is -0.141. The Morgan fingerprint density at radius 2 is 1.78 bits per heavy atom. The van der Waals surface area contributed by atoms with Gasteiger partial charge in [-0.05, 0) is 43.4 Å². The molecule has 202 valence electrons. The van der Waals surface area contributed by atoms with Crippen LogP contribution in [0.1, 0.15) is 44.2 Å². The minimum atomic E-state index is -1.07. The largest absolute Gasteiger partial charge is 0.368 e. The summed E-state index contributed by atoms with van der Waals surface area (Å²) in [5.41, 5.74) is 5.91. The molecule has 1 spiro atoms. The average Bonchev–Trinajstić information content (AvgIpc) is 3.20. The van der Waals surface area contributed by atoms with Crippen molar-refractivity contribution in [3.8, 4) is 0 Å². The van der Waals surface area contributed by atoms with Gasteiger partial charge in [-0.25, -0.2) is 0 Å². The van der Waals surface area contributed by atoms with E-state index in [1.165, 1.54) is 0 Å². The van der Waals surface area contributed by atoms with Crippen molar-refractivity contribution in [2.24, 2.45) is 5.73 Å². The van der Waals surface area contributed by atoms with E-state index in [0.29, 0.717) is 24.8 Å². The summed E-state index contributed by atoms with van der Waals surface area (Å²) in [7, 11) is 1.91. The number of hydrogen-bond donors (Lipinski definition) is 4. The van der Waals surface area contributed by atoms with Crippen molar-refractivity contribution in [2.45, 2.75) is 54.8 Å². The Morgan fingerprint density at radius 1 is 1.11 bits per heavy atom. The summed E-state index contributed by atoms with van der Waals surface area (Å²) < 4.78 is -0.00741. The van der Waals surface area contributed by atoms with Crippen LogP contribution in [0.15, 0.2) is 30.3 Å². The van der Waals surface area contributed by atoms with Gasteiger partial charge in [0.05, 0.1) is 22.7 Å². The van der Waals surface area contributed by atoms with E-state index in [1.54, 1.807) is 30.3 Å². The number of amides is 4. The quantitative estimate of drug-likeness (QED) is 0.293. The van der Waals surface area contributed by atoms with E-state index in [4.69, 9.17) is 5.73 Å². The molecule has 2 saturated heterocycles. The number of nitrogens with one attached hydrogen (secondary N) is 3. The van der Waals surface area contributed by atoms with Crippen LogP contribution in [-0.4, -0.2) is 82.1 Å². The molecule has 0 aromatic heterocycles. The van der Waals surface area contributed by atoms with Crippen LogP contribution < -0.4 is 21.7 Å². The first kappa shape index (κ1) is 29.0. The third kappa shape index (κ3) is 7.71. The van der Waals surface area contributed by atoms with Crippen LogP contribution in [0, 0.1) is 0 Å². The molecule has 0 bridgehead atoms. The summed E-state index contributed by atoms with van der Waals surface area (Å²) in [6.45, 7) is 2.13.